The van der Waals surface area contributed by atoms with Crippen LogP contribution in [0.2, 0.25) is 0 Å². The molecule has 4 heteroatoms. The number of nitrogens with zero attached hydrogens (tertiary/aromatic N) is 1. The molecule has 0 heterocycles. The minimum atomic E-state index is -0.232. The summed E-state index contributed by atoms with van der Waals surface area (Å²) in [7, 11) is 1.90. The Balaban J connectivity index is 0.00000225. The molecule has 0 bridgehead atoms. The summed E-state index contributed by atoms with van der Waals surface area (Å²) in [5.74, 6) is 0.784. The lowest BCUT2D eigenvalue weighted by molar-refractivity contribution is -0.140. The number of rotatable bonds is 4. The van der Waals surface area contributed by atoms with E-state index in [1.165, 1.54) is 0 Å². The van der Waals surface area contributed by atoms with Gasteiger partial charge >= 0.3 is 0 Å². The van der Waals surface area contributed by atoms with Crippen LogP contribution in [0.1, 0.15) is 39.5 Å². The molecule has 1 aliphatic rings. The molecule has 16 heavy (non-hydrogen) atoms. The van der Waals surface area contributed by atoms with Crippen molar-refractivity contribution in [2.45, 2.75) is 39.5 Å². The topological polar surface area (TPSA) is 46.3 Å². The fourth-order valence-corrected chi connectivity index (χ4v) is 2.59. The van der Waals surface area contributed by atoms with Gasteiger partial charge < -0.3 is 10.6 Å². The van der Waals surface area contributed by atoms with E-state index in [-0.39, 0.29) is 23.7 Å². The smallest absolute Gasteiger partial charge is 0.229 e. The van der Waals surface area contributed by atoms with Gasteiger partial charge in [-0.15, -0.1) is 12.4 Å². The van der Waals surface area contributed by atoms with Crippen molar-refractivity contribution >= 4 is 18.3 Å². The van der Waals surface area contributed by atoms with Gasteiger partial charge in [0.2, 0.25) is 5.91 Å². The van der Waals surface area contributed by atoms with Gasteiger partial charge in [0.15, 0.2) is 0 Å². The van der Waals surface area contributed by atoms with Crippen molar-refractivity contribution < 1.29 is 4.79 Å². The molecule has 1 rings (SSSR count). The van der Waals surface area contributed by atoms with E-state index in [4.69, 9.17) is 5.73 Å². The second kappa shape index (κ2) is 6.45. The number of carbonyl (C=O) groups excluding carboxylic acids is 1. The van der Waals surface area contributed by atoms with Crippen LogP contribution in [0, 0.1) is 11.3 Å². The van der Waals surface area contributed by atoms with Crippen LogP contribution in [0.5, 0.6) is 0 Å². The van der Waals surface area contributed by atoms with E-state index in [0.29, 0.717) is 12.5 Å². The van der Waals surface area contributed by atoms with E-state index in [0.717, 1.165) is 32.2 Å². The predicted octanol–water partition coefficient (Wildman–Crippen LogP) is 2.04. The molecule has 0 atom stereocenters. The minimum absolute atomic E-state index is 0. The second-order valence-electron chi connectivity index (χ2n) is 5.27. The SMILES string of the molecule is CC(C)CN(C)C(=O)C1(CN)CCCC1.Cl. The normalized spacial score (nSPS) is 18.3. The fourth-order valence-electron chi connectivity index (χ4n) is 2.59. The van der Waals surface area contributed by atoms with Crippen LogP contribution in [0.3, 0.4) is 0 Å². The zero-order valence-electron chi connectivity index (χ0n) is 10.7. The molecule has 1 amide bonds. The third kappa shape index (κ3) is 3.36. The molecule has 1 aliphatic carbocycles. The number of hydrogen-bond donors (Lipinski definition) is 1. The molecule has 0 aliphatic heterocycles. The first-order valence-corrected chi connectivity index (χ1v) is 5.97. The van der Waals surface area contributed by atoms with E-state index < -0.39 is 0 Å². The van der Waals surface area contributed by atoms with Gasteiger partial charge in [0, 0.05) is 20.1 Å². The highest BCUT2D eigenvalue weighted by atomic mass is 35.5. The Kier molecular flexibility index (Phi) is 6.34. The maximum Gasteiger partial charge on any atom is 0.229 e. The summed E-state index contributed by atoms with van der Waals surface area (Å²) in [6.07, 6.45) is 4.26. The largest absolute Gasteiger partial charge is 0.345 e. The van der Waals surface area contributed by atoms with Crippen LogP contribution in [0.4, 0.5) is 0 Å². The molecule has 0 radical (unpaired) electrons. The van der Waals surface area contributed by atoms with Crippen molar-refractivity contribution in [3.63, 3.8) is 0 Å². The first-order valence-electron chi connectivity index (χ1n) is 5.97. The second-order valence-corrected chi connectivity index (χ2v) is 5.27. The molecule has 0 aromatic rings. The van der Waals surface area contributed by atoms with Crippen LogP contribution in [-0.4, -0.2) is 30.9 Å². The van der Waals surface area contributed by atoms with Gasteiger partial charge in [-0.05, 0) is 18.8 Å². The number of amides is 1. The Hall–Kier alpha value is -0.280. The van der Waals surface area contributed by atoms with E-state index in [1.54, 1.807) is 0 Å². The summed E-state index contributed by atoms with van der Waals surface area (Å²) < 4.78 is 0. The van der Waals surface area contributed by atoms with Gasteiger partial charge in [-0.2, -0.15) is 0 Å². The summed E-state index contributed by atoms with van der Waals surface area (Å²) in [6.45, 7) is 5.61. The average Bonchev–Trinajstić information content (AvgIpc) is 2.65. The van der Waals surface area contributed by atoms with Gasteiger partial charge in [0.05, 0.1) is 5.41 Å². The lowest BCUT2D eigenvalue weighted by Gasteiger charge is -2.32. The van der Waals surface area contributed by atoms with Gasteiger partial charge in [-0.3, -0.25) is 4.79 Å². The highest BCUT2D eigenvalue weighted by Crippen LogP contribution is 2.38. The third-order valence-electron chi connectivity index (χ3n) is 3.39. The van der Waals surface area contributed by atoms with Gasteiger partial charge in [-0.1, -0.05) is 26.7 Å². The van der Waals surface area contributed by atoms with Crippen LogP contribution >= 0.6 is 12.4 Å². The van der Waals surface area contributed by atoms with Gasteiger partial charge in [0.1, 0.15) is 0 Å². The molecule has 3 nitrogen and oxygen atoms in total. The van der Waals surface area contributed by atoms with E-state index in [2.05, 4.69) is 13.8 Å². The van der Waals surface area contributed by atoms with Gasteiger partial charge in [0.25, 0.3) is 0 Å². The number of nitrogens with two attached hydrogens (primary N) is 1. The molecule has 0 aromatic heterocycles. The number of hydrogen-bond acceptors (Lipinski definition) is 2. The van der Waals surface area contributed by atoms with Crippen molar-refractivity contribution in [3.05, 3.63) is 0 Å². The lowest BCUT2D eigenvalue weighted by atomic mass is 9.84. The van der Waals surface area contributed by atoms with Crippen LogP contribution < -0.4 is 5.73 Å². The Morgan fingerprint density at radius 3 is 2.25 bits per heavy atom. The highest BCUT2D eigenvalue weighted by Gasteiger charge is 2.41. The Morgan fingerprint density at radius 1 is 1.38 bits per heavy atom. The Bertz CT molecular complexity index is 225. The van der Waals surface area contributed by atoms with Crippen molar-refractivity contribution in [1.82, 2.24) is 4.90 Å². The summed E-state index contributed by atoms with van der Waals surface area (Å²) in [6, 6.07) is 0. The lowest BCUT2D eigenvalue weighted by Crippen LogP contribution is -2.46. The molecular formula is C12H25ClN2O. The van der Waals surface area contributed by atoms with Crippen LogP contribution in [0.15, 0.2) is 0 Å². The van der Waals surface area contributed by atoms with Crippen LogP contribution in [0.25, 0.3) is 0 Å². The Labute approximate surface area is 105 Å². The quantitative estimate of drug-likeness (QED) is 0.828. The molecule has 0 saturated heterocycles. The predicted molar refractivity (Wildman–Crippen MR) is 69.7 cm³/mol. The zero-order chi connectivity index (χ0) is 11.5. The zero-order valence-corrected chi connectivity index (χ0v) is 11.5. The third-order valence-corrected chi connectivity index (χ3v) is 3.39. The van der Waals surface area contributed by atoms with Crippen molar-refractivity contribution in [1.29, 1.82) is 0 Å². The molecule has 0 aromatic carbocycles. The van der Waals surface area contributed by atoms with Crippen molar-refractivity contribution in [3.8, 4) is 0 Å². The minimum Gasteiger partial charge on any atom is -0.345 e. The first kappa shape index (κ1) is 15.7. The molecule has 0 unspecified atom stereocenters. The van der Waals surface area contributed by atoms with Crippen molar-refractivity contribution in [2.24, 2.45) is 17.1 Å². The molecule has 2 N–H and O–H groups in total. The molecule has 96 valence electrons. The fraction of sp³-hybridized carbons (Fsp3) is 0.917. The summed E-state index contributed by atoms with van der Waals surface area (Å²) in [5.41, 5.74) is 5.56. The van der Waals surface area contributed by atoms with E-state index in [1.807, 2.05) is 11.9 Å². The van der Waals surface area contributed by atoms with E-state index >= 15 is 0 Å². The van der Waals surface area contributed by atoms with Gasteiger partial charge in [-0.25, -0.2) is 0 Å². The molecule has 1 saturated carbocycles. The maximum atomic E-state index is 12.3. The standard InChI is InChI=1S/C12H24N2O.ClH/c1-10(2)8-14(3)11(15)12(9-13)6-4-5-7-12;/h10H,4-9,13H2,1-3H3;1H. The molecule has 1 fully saturated rings. The highest BCUT2D eigenvalue weighted by molar-refractivity contribution is 5.85. The average molecular weight is 249 g/mol. The molecule has 0 spiro atoms. The van der Waals surface area contributed by atoms with Crippen molar-refractivity contribution in [2.75, 3.05) is 20.1 Å². The summed E-state index contributed by atoms with van der Waals surface area (Å²) in [5, 5.41) is 0. The maximum absolute atomic E-state index is 12.3. The Morgan fingerprint density at radius 2 is 1.88 bits per heavy atom. The first-order chi connectivity index (χ1) is 7.02. The van der Waals surface area contributed by atoms with Crippen LogP contribution in [-0.2, 0) is 4.79 Å². The molecular weight excluding hydrogens is 224 g/mol. The number of carbonyl (C=O) groups is 1. The van der Waals surface area contributed by atoms with E-state index in [9.17, 15) is 4.79 Å². The monoisotopic (exact) mass is 248 g/mol. The number of halogens is 1. The summed E-state index contributed by atoms with van der Waals surface area (Å²) in [4.78, 5) is 14.1. The summed E-state index contributed by atoms with van der Waals surface area (Å²) >= 11 is 0.